The maximum Gasteiger partial charge on any atom is 0.247 e. The number of hydrogen-bond acceptors (Lipinski definition) is 5. The number of benzene rings is 3. The topological polar surface area (TPSA) is 79.5 Å². The Morgan fingerprint density at radius 1 is 0.909 bits per heavy atom. The van der Waals surface area contributed by atoms with E-state index in [9.17, 15) is 9.59 Å². The second-order valence-electron chi connectivity index (χ2n) is 11.1. The van der Waals surface area contributed by atoms with Crippen LogP contribution < -0.4 is 0 Å². The predicted octanol–water partition coefficient (Wildman–Crippen LogP) is 6.28. The van der Waals surface area contributed by atoms with E-state index in [2.05, 4.69) is 22.3 Å². The molecule has 1 aliphatic rings. The number of rotatable bonds is 9. The van der Waals surface area contributed by atoms with Gasteiger partial charge in [0, 0.05) is 50.0 Å². The van der Waals surface area contributed by atoms with Crippen molar-refractivity contribution in [3.8, 4) is 11.3 Å². The monoisotopic (exact) mass is 582 g/mol. The third-order valence-corrected chi connectivity index (χ3v) is 7.97. The van der Waals surface area contributed by atoms with Crippen molar-refractivity contribution in [2.24, 2.45) is 0 Å². The number of carbonyl (C=O) groups excluding carboxylic acids is 2. The molecule has 0 N–H and O–H groups in total. The van der Waals surface area contributed by atoms with Crippen LogP contribution in [0, 0.1) is 6.92 Å². The van der Waals surface area contributed by atoms with Gasteiger partial charge in [0.1, 0.15) is 17.5 Å². The molecule has 0 fully saturated rings. The average molecular weight is 583 g/mol. The van der Waals surface area contributed by atoms with Crippen LogP contribution in [0.15, 0.2) is 120 Å². The molecule has 3 heterocycles. The van der Waals surface area contributed by atoms with Gasteiger partial charge >= 0.3 is 0 Å². The van der Waals surface area contributed by atoms with Crippen molar-refractivity contribution in [2.75, 3.05) is 6.54 Å². The van der Waals surface area contributed by atoms with Crippen molar-refractivity contribution in [3.05, 3.63) is 149 Å². The van der Waals surface area contributed by atoms with Crippen molar-refractivity contribution in [1.82, 2.24) is 19.9 Å². The van der Waals surface area contributed by atoms with Crippen LogP contribution >= 0.6 is 0 Å². The third kappa shape index (κ3) is 6.84. The highest BCUT2D eigenvalue weighted by molar-refractivity contribution is 5.95. The van der Waals surface area contributed by atoms with E-state index in [0.717, 1.165) is 34.4 Å². The number of aryl methyl sites for hydroxylation is 1. The van der Waals surface area contributed by atoms with Gasteiger partial charge in [0.2, 0.25) is 11.8 Å². The van der Waals surface area contributed by atoms with Crippen molar-refractivity contribution in [1.29, 1.82) is 0 Å². The number of hydrogen-bond donors (Lipinski definition) is 0. The minimum absolute atomic E-state index is 0.0625. The van der Waals surface area contributed by atoms with Crippen molar-refractivity contribution >= 4 is 17.9 Å². The number of fused-ring (bicyclic) bond motifs is 1. The lowest BCUT2D eigenvalue weighted by Crippen LogP contribution is -2.52. The van der Waals surface area contributed by atoms with Gasteiger partial charge in [0.25, 0.3) is 0 Å². The summed E-state index contributed by atoms with van der Waals surface area (Å²) >= 11 is 0. The van der Waals surface area contributed by atoms with Gasteiger partial charge in [-0.15, -0.1) is 0 Å². The number of pyridine rings is 1. The van der Waals surface area contributed by atoms with Gasteiger partial charge < -0.3 is 14.3 Å². The van der Waals surface area contributed by atoms with E-state index in [1.165, 1.54) is 11.6 Å². The Kier molecular flexibility index (Phi) is 8.73. The molecule has 0 aliphatic carbocycles. The van der Waals surface area contributed by atoms with Crippen molar-refractivity contribution in [2.45, 2.75) is 38.9 Å². The van der Waals surface area contributed by atoms with E-state index < -0.39 is 6.04 Å². The molecule has 0 bridgehead atoms. The number of aromatic nitrogens is 2. The van der Waals surface area contributed by atoms with Gasteiger partial charge in [-0.25, -0.2) is 0 Å². The van der Waals surface area contributed by atoms with Crippen LogP contribution in [-0.4, -0.2) is 44.3 Å². The summed E-state index contributed by atoms with van der Waals surface area (Å²) in [5, 5.41) is 4.00. The molecule has 2 amide bonds. The zero-order chi connectivity index (χ0) is 30.3. The molecule has 220 valence electrons. The number of carbonyl (C=O) groups is 2. The van der Waals surface area contributed by atoms with Crippen LogP contribution in [-0.2, 0) is 35.5 Å². The first-order chi connectivity index (χ1) is 21.5. The van der Waals surface area contributed by atoms with Gasteiger partial charge in [-0.3, -0.25) is 14.6 Å². The fourth-order valence-electron chi connectivity index (χ4n) is 5.63. The third-order valence-electron chi connectivity index (χ3n) is 7.97. The summed E-state index contributed by atoms with van der Waals surface area (Å²) in [7, 11) is 0. The molecule has 7 heteroatoms. The molecule has 0 saturated heterocycles. The fourth-order valence-corrected chi connectivity index (χ4v) is 5.63. The smallest absolute Gasteiger partial charge is 0.247 e. The molecule has 0 spiro atoms. The first-order valence-electron chi connectivity index (χ1n) is 14.9. The minimum atomic E-state index is -0.714. The molecule has 5 aromatic rings. The molecule has 1 aliphatic heterocycles. The summed E-state index contributed by atoms with van der Waals surface area (Å²) < 4.78 is 5.18. The molecule has 2 aromatic heterocycles. The number of amides is 2. The van der Waals surface area contributed by atoms with E-state index in [0.29, 0.717) is 31.0 Å². The Labute approximate surface area is 257 Å². The van der Waals surface area contributed by atoms with Gasteiger partial charge in [0.15, 0.2) is 0 Å². The highest BCUT2D eigenvalue weighted by Crippen LogP contribution is 2.24. The molecule has 6 rings (SSSR count). The molecule has 7 nitrogen and oxygen atoms in total. The van der Waals surface area contributed by atoms with Crippen LogP contribution in [0.3, 0.4) is 0 Å². The summed E-state index contributed by atoms with van der Waals surface area (Å²) in [6, 6.07) is 33.0. The SMILES string of the molecule is Cc1cc(/C=C/C(=O)N(Cc2ccc(-c3ccccn3)cc2)[C@@H](Cc2ccccc2)C(=O)N2CCc3ccccc3C2)no1. The molecule has 3 aromatic carbocycles. The summed E-state index contributed by atoms with van der Waals surface area (Å²) in [6.07, 6.45) is 6.07. The molecule has 1 atom stereocenters. The lowest BCUT2D eigenvalue weighted by molar-refractivity contribution is -0.144. The standard InChI is InChI=1S/C37H34N4O3/c1-27-23-33(39-44-27)18-19-36(42)41(25-29-14-16-31(17-15-29)34-13-7-8-21-38-34)35(24-28-9-3-2-4-10-28)37(43)40-22-20-30-11-5-6-12-32(30)26-40/h2-19,21,23,35H,20,22,24-26H2,1H3/b19-18+/t35-/m0/s1. The Hall–Kier alpha value is -5.30. The lowest BCUT2D eigenvalue weighted by Gasteiger charge is -2.36. The lowest BCUT2D eigenvalue weighted by atomic mass is 9.97. The molecule has 0 radical (unpaired) electrons. The van der Waals surface area contributed by atoms with E-state index in [-0.39, 0.29) is 18.4 Å². The number of nitrogens with zero attached hydrogens (tertiary/aromatic N) is 4. The second-order valence-corrected chi connectivity index (χ2v) is 11.1. The van der Waals surface area contributed by atoms with Crippen LogP contribution in [0.4, 0.5) is 0 Å². The van der Waals surface area contributed by atoms with Gasteiger partial charge in [0.05, 0.1) is 5.69 Å². The highest BCUT2D eigenvalue weighted by atomic mass is 16.5. The Morgan fingerprint density at radius 2 is 1.66 bits per heavy atom. The summed E-state index contributed by atoms with van der Waals surface area (Å²) in [5.41, 5.74) is 6.73. The maximum absolute atomic E-state index is 14.4. The molecular formula is C37H34N4O3. The van der Waals surface area contributed by atoms with Crippen LogP contribution in [0.5, 0.6) is 0 Å². The second kappa shape index (κ2) is 13.3. The summed E-state index contributed by atoms with van der Waals surface area (Å²) in [4.78, 5) is 36.5. The van der Waals surface area contributed by atoms with E-state index >= 15 is 0 Å². The zero-order valence-electron chi connectivity index (χ0n) is 24.7. The largest absolute Gasteiger partial charge is 0.361 e. The molecule has 0 unspecified atom stereocenters. The Balaban J connectivity index is 1.34. The van der Waals surface area contributed by atoms with Gasteiger partial charge in [-0.2, -0.15) is 0 Å². The van der Waals surface area contributed by atoms with Crippen molar-refractivity contribution < 1.29 is 14.1 Å². The Bertz CT molecular complexity index is 1750. The summed E-state index contributed by atoms with van der Waals surface area (Å²) in [5.74, 6) is 0.322. The van der Waals surface area contributed by atoms with Crippen molar-refractivity contribution in [3.63, 3.8) is 0 Å². The van der Waals surface area contributed by atoms with Gasteiger partial charge in [-0.1, -0.05) is 90.1 Å². The fraction of sp³-hybridized carbons (Fsp3) is 0.189. The average Bonchev–Trinajstić information content (AvgIpc) is 3.50. The molecule has 0 saturated carbocycles. The normalized spacial score (nSPS) is 13.4. The maximum atomic E-state index is 14.4. The highest BCUT2D eigenvalue weighted by Gasteiger charge is 2.34. The van der Waals surface area contributed by atoms with E-state index in [1.807, 2.05) is 89.8 Å². The first-order valence-corrected chi connectivity index (χ1v) is 14.9. The summed E-state index contributed by atoms with van der Waals surface area (Å²) in [6.45, 7) is 3.20. The van der Waals surface area contributed by atoms with E-state index in [1.54, 1.807) is 30.2 Å². The minimum Gasteiger partial charge on any atom is -0.361 e. The van der Waals surface area contributed by atoms with Gasteiger partial charge in [-0.05, 0) is 53.8 Å². The van der Waals surface area contributed by atoms with Crippen LogP contribution in [0.1, 0.15) is 33.7 Å². The molecule has 44 heavy (non-hydrogen) atoms. The van der Waals surface area contributed by atoms with Crippen LogP contribution in [0.2, 0.25) is 0 Å². The first kappa shape index (κ1) is 28.8. The van der Waals surface area contributed by atoms with E-state index in [4.69, 9.17) is 4.52 Å². The zero-order valence-corrected chi connectivity index (χ0v) is 24.7. The quantitative estimate of drug-likeness (QED) is 0.191. The predicted molar refractivity (Wildman–Crippen MR) is 170 cm³/mol. The Morgan fingerprint density at radius 3 is 2.39 bits per heavy atom. The van der Waals surface area contributed by atoms with Crippen LogP contribution in [0.25, 0.3) is 17.3 Å². The molecular weight excluding hydrogens is 548 g/mol.